The molecule has 0 radical (unpaired) electrons. The molecule has 0 atom stereocenters. The van der Waals surface area contributed by atoms with Crippen molar-refractivity contribution in [1.82, 2.24) is 9.97 Å². The summed E-state index contributed by atoms with van der Waals surface area (Å²) in [5.41, 5.74) is 9.22. The highest BCUT2D eigenvalue weighted by atomic mass is 19.4. The summed E-state index contributed by atoms with van der Waals surface area (Å²) in [6.07, 6.45) is -0.618. The van der Waals surface area contributed by atoms with Crippen LogP contribution in [-0.4, -0.2) is 9.97 Å². The van der Waals surface area contributed by atoms with Gasteiger partial charge in [-0.3, -0.25) is 9.97 Å². The number of aromatic nitrogens is 2. The Kier molecular flexibility index (Phi) is 6.28. The monoisotopic (exact) mass is 552 g/mol. The lowest BCUT2D eigenvalue weighted by Gasteiger charge is -2.10. The van der Waals surface area contributed by atoms with Gasteiger partial charge in [0.1, 0.15) is 0 Å². The summed E-state index contributed by atoms with van der Waals surface area (Å²) < 4.78 is 38.7. The molecule has 7 aromatic rings. The van der Waals surface area contributed by atoms with Crippen molar-refractivity contribution in [3.05, 3.63) is 145 Å². The van der Waals surface area contributed by atoms with Gasteiger partial charge in [0.25, 0.3) is 0 Å². The molecule has 2 heterocycles. The fourth-order valence-corrected chi connectivity index (χ4v) is 5.35. The van der Waals surface area contributed by atoms with Crippen LogP contribution in [0, 0.1) is 0 Å². The van der Waals surface area contributed by atoms with Gasteiger partial charge >= 0.3 is 6.18 Å². The molecule has 2 aromatic heterocycles. The summed E-state index contributed by atoms with van der Waals surface area (Å²) in [7, 11) is 0. The molecule has 5 heteroatoms. The van der Waals surface area contributed by atoms with Gasteiger partial charge in [0.05, 0.1) is 16.6 Å². The second-order valence-corrected chi connectivity index (χ2v) is 10.2. The van der Waals surface area contributed by atoms with E-state index in [0.717, 1.165) is 78.4 Å². The number of para-hydroxylation sites is 1. The first-order valence-electron chi connectivity index (χ1n) is 13.5. The summed E-state index contributed by atoms with van der Waals surface area (Å²) in [6, 6.07) is 40.1. The number of benzene rings is 5. The summed E-state index contributed by atoms with van der Waals surface area (Å²) in [5, 5.41) is 2.16. The van der Waals surface area contributed by atoms with Crippen LogP contribution < -0.4 is 0 Å². The van der Waals surface area contributed by atoms with Crippen LogP contribution in [0.4, 0.5) is 13.2 Å². The Morgan fingerprint density at radius 3 is 1.71 bits per heavy atom. The second kappa shape index (κ2) is 10.3. The van der Waals surface area contributed by atoms with E-state index in [1.807, 2.05) is 42.7 Å². The van der Waals surface area contributed by atoms with Gasteiger partial charge < -0.3 is 0 Å². The topological polar surface area (TPSA) is 25.8 Å². The zero-order chi connectivity index (χ0) is 28.7. The van der Waals surface area contributed by atoms with E-state index in [1.165, 1.54) is 12.1 Å². The molecule has 202 valence electrons. The molecule has 0 saturated carbocycles. The van der Waals surface area contributed by atoms with Crippen molar-refractivity contribution in [1.29, 1.82) is 0 Å². The molecular weight excluding hydrogens is 529 g/mol. The molecule has 5 aromatic carbocycles. The number of nitrogens with zero attached hydrogens (tertiary/aromatic N) is 2. The molecule has 2 nitrogen and oxygen atoms in total. The number of hydrogen-bond donors (Lipinski definition) is 0. The Hall–Kier alpha value is -5.29. The van der Waals surface area contributed by atoms with Gasteiger partial charge in [-0.15, -0.1) is 0 Å². The minimum Gasteiger partial charge on any atom is -0.256 e. The largest absolute Gasteiger partial charge is 0.416 e. The van der Waals surface area contributed by atoms with Crippen LogP contribution in [0.3, 0.4) is 0 Å². The van der Waals surface area contributed by atoms with Gasteiger partial charge in [0.15, 0.2) is 0 Å². The first-order chi connectivity index (χ1) is 20.4. The van der Waals surface area contributed by atoms with Crippen molar-refractivity contribution in [2.24, 2.45) is 0 Å². The first kappa shape index (κ1) is 25.7. The van der Waals surface area contributed by atoms with Crippen LogP contribution in [0.1, 0.15) is 5.56 Å². The standard InChI is InChI=1S/C37H23F3N2/c38-37(39,40)33-18-16-25(17-19-33)24-6-8-26(9-7-24)30-14-15-31-21-32(23-42-35(31)22-30)27-10-12-28(13-11-27)34-5-1-3-29-4-2-20-41-36(29)34/h1-23H. The van der Waals surface area contributed by atoms with Crippen LogP contribution in [0.2, 0.25) is 0 Å². The van der Waals surface area contributed by atoms with Crippen molar-refractivity contribution in [2.45, 2.75) is 6.18 Å². The molecule has 0 saturated heterocycles. The molecule has 0 amide bonds. The first-order valence-corrected chi connectivity index (χ1v) is 13.5. The van der Waals surface area contributed by atoms with Gasteiger partial charge in [-0.05, 0) is 63.7 Å². The molecule has 0 spiro atoms. The zero-order valence-electron chi connectivity index (χ0n) is 22.3. The van der Waals surface area contributed by atoms with E-state index in [-0.39, 0.29) is 0 Å². The molecule has 0 aliphatic heterocycles. The van der Waals surface area contributed by atoms with Crippen LogP contribution in [0.5, 0.6) is 0 Å². The Morgan fingerprint density at radius 1 is 0.452 bits per heavy atom. The number of pyridine rings is 2. The molecule has 0 unspecified atom stereocenters. The SMILES string of the molecule is FC(F)(F)c1ccc(-c2ccc(-c3ccc4cc(-c5ccc(-c6cccc7cccnc67)cc5)cnc4c3)cc2)cc1. The van der Waals surface area contributed by atoms with Crippen LogP contribution in [0.25, 0.3) is 66.3 Å². The molecular formula is C37H23F3N2. The third kappa shape index (κ3) is 4.90. The summed E-state index contributed by atoms with van der Waals surface area (Å²) in [4.78, 5) is 9.34. The van der Waals surface area contributed by atoms with Crippen molar-refractivity contribution in [2.75, 3.05) is 0 Å². The molecule has 0 fully saturated rings. The molecule has 0 aliphatic carbocycles. The number of alkyl halides is 3. The Labute approximate surface area is 240 Å². The molecule has 0 N–H and O–H groups in total. The van der Waals surface area contributed by atoms with Gasteiger partial charge in [-0.1, -0.05) is 97.1 Å². The smallest absolute Gasteiger partial charge is 0.256 e. The minimum atomic E-state index is -4.34. The highest BCUT2D eigenvalue weighted by Crippen LogP contribution is 2.33. The maximum atomic E-state index is 12.9. The Morgan fingerprint density at radius 2 is 1.02 bits per heavy atom. The van der Waals surface area contributed by atoms with Crippen molar-refractivity contribution >= 4 is 21.8 Å². The molecule has 42 heavy (non-hydrogen) atoms. The lowest BCUT2D eigenvalue weighted by atomic mass is 9.97. The predicted molar refractivity (Wildman–Crippen MR) is 164 cm³/mol. The van der Waals surface area contributed by atoms with E-state index in [2.05, 4.69) is 77.8 Å². The van der Waals surface area contributed by atoms with E-state index in [9.17, 15) is 13.2 Å². The highest BCUT2D eigenvalue weighted by molar-refractivity contribution is 5.94. The van der Waals surface area contributed by atoms with E-state index in [1.54, 1.807) is 0 Å². The van der Waals surface area contributed by atoms with E-state index in [4.69, 9.17) is 4.98 Å². The van der Waals surface area contributed by atoms with E-state index < -0.39 is 11.7 Å². The Balaban J connectivity index is 1.12. The van der Waals surface area contributed by atoms with E-state index in [0.29, 0.717) is 0 Å². The highest BCUT2D eigenvalue weighted by Gasteiger charge is 2.29. The maximum absolute atomic E-state index is 12.9. The number of fused-ring (bicyclic) bond motifs is 2. The third-order valence-corrected chi connectivity index (χ3v) is 7.61. The van der Waals surface area contributed by atoms with E-state index >= 15 is 0 Å². The lowest BCUT2D eigenvalue weighted by Crippen LogP contribution is -2.03. The minimum absolute atomic E-state index is 0.648. The lowest BCUT2D eigenvalue weighted by molar-refractivity contribution is -0.137. The fraction of sp³-hybridized carbons (Fsp3) is 0.0270. The van der Waals surface area contributed by atoms with Crippen molar-refractivity contribution in [3.63, 3.8) is 0 Å². The molecule has 0 bridgehead atoms. The zero-order valence-corrected chi connectivity index (χ0v) is 22.3. The van der Waals surface area contributed by atoms with Gasteiger partial charge in [-0.2, -0.15) is 13.2 Å². The number of halogens is 3. The quantitative estimate of drug-likeness (QED) is 0.217. The average molecular weight is 553 g/mol. The molecule has 0 aliphatic rings. The number of hydrogen-bond acceptors (Lipinski definition) is 2. The maximum Gasteiger partial charge on any atom is 0.416 e. The van der Waals surface area contributed by atoms with Crippen LogP contribution in [-0.2, 0) is 6.18 Å². The van der Waals surface area contributed by atoms with Crippen molar-refractivity contribution in [3.8, 4) is 44.5 Å². The predicted octanol–water partition coefficient (Wildman–Crippen LogP) is 10.5. The van der Waals surface area contributed by atoms with Crippen LogP contribution >= 0.6 is 0 Å². The number of rotatable bonds is 4. The molecule has 7 rings (SSSR count). The van der Waals surface area contributed by atoms with Crippen molar-refractivity contribution < 1.29 is 13.2 Å². The second-order valence-electron chi connectivity index (χ2n) is 10.2. The average Bonchev–Trinajstić information content (AvgIpc) is 3.04. The normalized spacial score (nSPS) is 11.7. The van der Waals surface area contributed by atoms with Gasteiger partial charge in [-0.25, -0.2) is 0 Å². The third-order valence-electron chi connectivity index (χ3n) is 7.61. The van der Waals surface area contributed by atoms with Gasteiger partial charge in [0, 0.05) is 34.3 Å². The summed E-state index contributed by atoms with van der Waals surface area (Å²) in [6.45, 7) is 0. The fourth-order valence-electron chi connectivity index (χ4n) is 5.35. The Bertz CT molecular complexity index is 2040. The summed E-state index contributed by atoms with van der Waals surface area (Å²) >= 11 is 0. The summed E-state index contributed by atoms with van der Waals surface area (Å²) in [5.74, 6) is 0. The van der Waals surface area contributed by atoms with Crippen LogP contribution in [0.15, 0.2) is 140 Å². The van der Waals surface area contributed by atoms with Gasteiger partial charge in [0.2, 0.25) is 0 Å².